The molecule has 2 heterocycles. The molecule has 7 nitrogen and oxygen atoms in total. The SMILES string of the molecule is Cc1c(Cl)cccc1N1C(=O)C(=Cc2ccc(-c3ccccc3C(=O)O)o2)C(=O)NC1=S. The normalized spacial score (nSPS) is 15.2. The third-order valence-corrected chi connectivity index (χ3v) is 5.61. The molecule has 2 amide bonds. The largest absolute Gasteiger partial charge is 0.478 e. The average molecular weight is 467 g/mol. The van der Waals surface area contributed by atoms with Crippen molar-refractivity contribution < 1.29 is 23.9 Å². The number of thiocarbonyl (C=S) groups is 1. The fourth-order valence-corrected chi connectivity index (χ4v) is 3.76. The van der Waals surface area contributed by atoms with Crippen molar-refractivity contribution in [3.8, 4) is 11.3 Å². The van der Waals surface area contributed by atoms with Crippen LogP contribution in [0.1, 0.15) is 21.7 Å². The van der Waals surface area contributed by atoms with E-state index >= 15 is 0 Å². The van der Waals surface area contributed by atoms with Crippen molar-refractivity contribution in [2.75, 3.05) is 4.90 Å². The summed E-state index contributed by atoms with van der Waals surface area (Å²) in [5.74, 6) is -1.90. The molecule has 0 saturated carbocycles. The van der Waals surface area contributed by atoms with Crippen molar-refractivity contribution in [3.05, 3.63) is 82.1 Å². The van der Waals surface area contributed by atoms with Gasteiger partial charge in [-0.05, 0) is 61.1 Å². The fraction of sp³-hybridized carbons (Fsp3) is 0.0435. The first-order valence-corrected chi connectivity index (χ1v) is 10.2. The average Bonchev–Trinajstić information content (AvgIpc) is 3.22. The highest BCUT2D eigenvalue weighted by molar-refractivity contribution is 7.80. The van der Waals surface area contributed by atoms with E-state index in [9.17, 15) is 19.5 Å². The molecule has 1 aromatic heterocycles. The van der Waals surface area contributed by atoms with Gasteiger partial charge in [-0.3, -0.25) is 19.8 Å². The Morgan fingerprint density at radius 2 is 1.88 bits per heavy atom. The van der Waals surface area contributed by atoms with Crippen LogP contribution < -0.4 is 10.2 Å². The van der Waals surface area contributed by atoms with E-state index in [-0.39, 0.29) is 27.8 Å². The number of furan rings is 1. The highest BCUT2D eigenvalue weighted by atomic mass is 35.5. The molecule has 2 N–H and O–H groups in total. The Balaban J connectivity index is 1.72. The number of rotatable bonds is 4. The zero-order valence-electron chi connectivity index (χ0n) is 16.6. The molecule has 32 heavy (non-hydrogen) atoms. The van der Waals surface area contributed by atoms with Crippen LogP contribution in [0, 0.1) is 6.92 Å². The Morgan fingerprint density at radius 1 is 1.12 bits per heavy atom. The van der Waals surface area contributed by atoms with Crippen LogP contribution in [0.5, 0.6) is 0 Å². The number of carboxylic acid groups (broad SMARTS) is 1. The quantitative estimate of drug-likeness (QED) is 0.335. The third kappa shape index (κ3) is 3.81. The minimum absolute atomic E-state index is 0.0574. The van der Waals surface area contributed by atoms with Crippen LogP contribution in [-0.2, 0) is 9.59 Å². The molecule has 3 aromatic rings. The maximum absolute atomic E-state index is 13.2. The maximum atomic E-state index is 13.2. The van der Waals surface area contributed by atoms with Gasteiger partial charge in [-0.1, -0.05) is 35.9 Å². The van der Waals surface area contributed by atoms with Crippen molar-refractivity contribution in [1.29, 1.82) is 0 Å². The molecule has 4 rings (SSSR count). The Labute approximate surface area is 192 Å². The third-order valence-electron chi connectivity index (χ3n) is 4.92. The van der Waals surface area contributed by atoms with Gasteiger partial charge in [0.25, 0.3) is 11.8 Å². The number of carbonyl (C=O) groups is 3. The van der Waals surface area contributed by atoms with Crippen molar-refractivity contribution in [2.24, 2.45) is 0 Å². The van der Waals surface area contributed by atoms with Crippen LogP contribution >= 0.6 is 23.8 Å². The zero-order valence-corrected chi connectivity index (χ0v) is 18.2. The van der Waals surface area contributed by atoms with Crippen LogP contribution in [0.25, 0.3) is 17.4 Å². The molecule has 0 unspecified atom stereocenters. The summed E-state index contributed by atoms with van der Waals surface area (Å²) in [5, 5.41) is 12.3. The number of amides is 2. The molecule has 1 aliphatic rings. The van der Waals surface area contributed by atoms with Crippen molar-refractivity contribution in [2.45, 2.75) is 6.92 Å². The molecule has 0 radical (unpaired) electrons. The van der Waals surface area contributed by atoms with Gasteiger partial charge in [-0.15, -0.1) is 0 Å². The van der Waals surface area contributed by atoms with Gasteiger partial charge in [0.05, 0.1) is 11.3 Å². The lowest BCUT2D eigenvalue weighted by molar-refractivity contribution is -0.122. The Kier molecular flexibility index (Phi) is 5.65. The number of halogens is 1. The minimum Gasteiger partial charge on any atom is -0.478 e. The molecule has 160 valence electrons. The molecule has 2 aromatic carbocycles. The number of carboxylic acids is 1. The van der Waals surface area contributed by atoms with E-state index in [0.717, 1.165) is 0 Å². The summed E-state index contributed by atoms with van der Waals surface area (Å²) in [5.41, 5.74) is 1.34. The summed E-state index contributed by atoms with van der Waals surface area (Å²) < 4.78 is 5.73. The summed E-state index contributed by atoms with van der Waals surface area (Å²) in [4.78, 5) is 38.4. The first-order chi connectivity index (χ1) is 15.3. The summed E-state index contributed by atoms with van der Waals surface area (Å²) in [6.45, 7) is 1.74. The lowest BCUT2D eigenvalue weighted by Crippen LogP contribution is -2.54. The smallest absolute Gasteiger partial charge is 0.336 e. The standard InChI is InChI=1S/C23H15ClN2O5S/c1-12-17(24)7-4-8-18(12)26-21(28)16(20(27)25-23(26)32)11-13-9-10-19(31-13)14-5-2-3-6-15(14)22(29)30/h2-11H,1H3,(H,29,30)(H,25,27,32). The number of hydrogen-bond donors (Lipinski definition) is 2. The first-order valence-electron chi connectivity index (χ1n) is 9.37. The summed E-state index contributed by atoms with van der Waals surface area (Å²) in [6, 6.07) is 14.5. The number of benzene rings is 2. The topological polar surface area (TPSA) is 99.8 Å². The highest BCUT2D eigenvalue weighted by Crippen LogP contribution is 2.31. The Bertz CT molecular complexity index is 1330. The fourth-order valence-electron chi connectivity index (χ4n) is 3.32. The predicted octanol–water partition coefficient (Wildman–Crippen LogP) is 4.44. The molecule has 1 aliphatic heterocycles. The van der Waals surface area contributed by atoms with Gasteiger partial charge < -0.3 is 9.52 Å². The molecule has 1 saturated heterocycles. The van der Waals surface area contributed by atoms with Crippen LogP contribution in [-0.4, -0.2) is 28.0 Å². The van der Waals surface area contributed by atoms with Gasteiger partial charge in [-0.2, -0.15) is 0 Å². The van der Waals surface area contributed by atoms with E-state index in [1.54, 1.807) is 55.5 Å². The van der Waals surface area contributed by atoms with Gasteiger partial charge in [0.15, 0.2) is 5.11 Å². The monoisotopic (exact) mass is 466 g/mol. The van der Waals surface area contributed by atoms with Crippen molar-refractivity contribution >= 4 is 58.5 Å². The first kappa shape index (κ1) is 21.5. The van der Waals surface area contributed by atoms with Crippen molar-refractivity contribution in [3.63, 3.8) is 0 Å². The number of nitrogens with one attached hydrogen (secondary N) is 1. The highest BCUT2D eigenvalue weighted by Gasteiger charge is 2.35. The molecule has 0 atom stereocenters. The summed E-state index contributed by atoms with van der Waals surface area (Å²) >= 11 is 11.4. The second-order valence-electron chi connectivity index (χ2n) is 6.89. The van der Waals surface area contributed by atoms with E-state index in [1.165, 1.54) is 17.0 Å². The molecular formula is C23H15ClN2O5S. The maximum Gasteiger partial charge on any atom is 0.336 e. The Morgan fingerprint density at radius 3 is 2.62 bits per heavy atom. The molecule has 9 heteroatoms. The molecule has 0 bridgehead atoms. The molecule has 0 spiro atoms. The van der Waals surface area contributed by atoms with E-state index in [1.807, 2.05) is 0 Å². The van der Waals surface area contributed by atoms with Crippen molar-refractivity contribution in [1.82, 2.24) is 5.32 Å². The van der Waals surface area contributed by atoms with Gasteiger partial charge in [-0.25, -0.2) is 4.79 Å². The van der Waals surface area contributed by atoms with E-state index in [0.29, 0.717) is 21.8 Å². The summed E-state index contributed by atoms with van der Waals surface area (Å²) in [7, 11) is 0. The minimum atomic E-state index is -1.10. The molecule has 1 fully saturated rings. The van der Waals surface area contributed by atoms with E-state index in [2.05, 4.69) is 5.32 Å². The van der Waals surface area contributed by atoms with Gasteiger partial charge in [0.2, 0.25) is 0 Å². The molecule has 0 aliphatic carbocycles. The molecular weight excluding hydrogens is 452 g/mol. The van der Waals surface area contributed by atoms with Crippen LogP contribution in [0.4, 0.5) is 5.69 Å². The Hall–Kier alpha value is -3.75. The second kappa shape index (κ2) is 8.41. The van der Waals surface area contributed by atoms with E-state index in [4.69, 9.17) is 28.2 Å². The number of aromatic carboxylic acids is 1. The lowest BCUT2D eigenvalue weighted by atomic mass is 10.1. The van der Waals surface area contributed by atoms with E-state index < -0.39 is 17.8 Å². The lowest BCUT2D eigenvalue weighted by Gasteiger charge is -2.30. The van der Waals surface area contributed by atoms with Crippen LogP contribution in [0.2, 0.25) is 5.02 Å². The zero-order chi connectivity index (χ0) is 23.0. The number of anilines is 1. The summed E-state index contributed by atoms with van der Waals surface area (Å²) in [6.07, 6.45) is 1.29. The number of hydrogen-bond acceptors (Lipinski definition) is 5. The van der Waals surface area contributed by atoms with Gasteiger partial charge in [0, 0.05) is 10.6 Å². The van der Waals surface area contributed by atoms with Crippen LogP contribution in [0.3, 0.4) is 0 Å². The number of nitrogens with zero attached hydrogens (tertiary/aromatic N) is 1. The van der Waals surface area contributed by atoms with Gasteiger partial charge >= 0.3 is 5.97 Å². The van der Waals surface area contributed by atoms with Crippen LogP contribution in [0.15, 0.2) is 64.6 Å². The predicted molar refractivity (Wildman–Crippen MR) is 123 cm³/mol. The van der Waals surface area contributed by atoms with Gasteiger partial charge in [0.1, 0.15) is 17.1 Å². The second-order valence-corrected chi connectivity index (χ2v) is 7.69. The number of carbonyl (C=O) groups excluding carboxylic acids is 2.